The summed E-state index contributed by atoms with van der Waals surface area (Å²) in [6, 6.07) is 15.5. The molecule has 1 fully saturated rings. The lowest BCUT2D eigenvalue weighted by Crippen LogP contribution is -2.42. The largest absolute Gasteiger partial charge is 0.369 e. The van der Waals surface area contributed by atoms with Crippen molar-refractivity contribution >= 4 is 11.8 Å². The van der Waals surface area contributed by atoms with Gasteiger partial charge in [-0.3, -0.25) is 9.59 Å². The van der Waals surface area contributed by atoms with Crippen molar-refractivity contribution < 1.29 is 14.0 Å². The maximum Gasteiger partial charge on any atom is 0.272 e. The first kappa shape index (κ1) is 19.8. The zero-order valence-corrected chi connectivity index (χ0v) is 16.7. The normalized spacial score (nSPS) is 14.7. The number of hydrogen-bond donors (Lipinski definition) is 1. The van der Waals surface area contributed by atoms with Crippen LogP contribution in [0, 0.1) is 18.7 Å². The predicted octanol–water partition coefficient (Wildman–Crippen LogP) is 3.32. The first-order valence-electron chi connectivity index (χ1n) is 9.94. The third-order valence-corrected chi connectivity index (χ3v) is 5.50. The summed E-state index contributed by atoms with van der Waals surface area (Å²) in [7, 11) is 0. The Balaban J connectivity index is 1.71. The van der Waals surface area contributed by atoms with Crippen molar-refractivity contribution in [2.75, 3.05) is 13.1 Å². The molecule has 1 aromatic heterocycles. The first-order valence-corrected chi connectivity index (χ1v) is 9.94. The number of rotatable bonds is 4. The summed E-state index contributed by atoms with van der Waals surface area (Å²) in [5.41, 5.74) is 8.98. The number of aromatic nitrogens is 2. The summed E-state index contributed by atoms with van der Waals surface area (Å²) in [5.74, 6) is -0.984. The van der Waals surface area contributed by atoms with E-state index in [0.717, 1.165) is 16.8 Å². The van der Waals surface area contributed by atoms with Crippen molar-refractivity contribution in [2.24, 2.45) is 11.7 Å². The van der Waals surface area contributed by atoms with Gasteiger partial charge in [0, 0.05) is 24.6 Å². The van der Waals surface area contributed by atoms with Gasteiger partial charge in [-0.15, -0.1) is 0 Å². The molecule has 2 aromatic carbocycles. The zero-order chi connectivity index (χ0) is 21.3. The molecule has 2 amide bonds. The van der Waals surface area contributed by atoms with Gasteiger partial charge in [-0.2, -0.15) is 5.10 Å². The lowest BCUT2D eigenvalue weighted by molar-refractivity contribution is -0.123. The molecular formula is C23H23FN4O2. The van der Waals surface area contributed by atoms with Gasteiger partial charge in [0.2, 0.25) is 5.91 Å². The number of hydrogen-bond acceptors (Lipinski definition) is 3. The molecule has 30 heavy (non-hydrogen) atoms. The number of nitrogens with zero attached hydrogens (tertiary/aromatic N) is 3. The second kappa shape index (κ2) is 8.10. The van der Waals surface area contributed by atoms with Gasteiger partial charge in [0.25, 0.3) is 5.91 Å². The van der Waals surface area contributed by atoms with E-state index in [1.807, 2.05) is 31.2 Å². The van der Waals surface area contributed by atoms with Crippen LogP contribution in [0.4, 0.5) is 4.39 Å². The summed E-state index contributed by atoms with van der Waals surface area (Å²) in [5, 5.41) is 4.65. The SMILES string of the molecule is Cc1cccc(-n2nc(-c3ccc(F)cc3)cc2C(=O)N2CCC(C(N)=O)CC2)c1. The van der Waals surface area contributed by atoms with Gasteiger partial charge in [0.15, 0.2) is 0 Å². The van der Waals surface area contributed by atoms with E-state index < -0.39 is 0 Å². The van der Waals surface area contributed by atoms with Crippen LogP contribution in [0.3, 0.4) is 0 Å². The average molecular weight is 406 g/mol. The fourth-order valence-corrected chi connectivity index (χ4v) is 3.78. The Morgan fingerprint density at radius 3 is 2.40 bits per heavy atom. The summed E-state index contributed by atoms with van der Waals surface area (Å²) in [6.07, 6.45) is 1.12. The maximum absolute atomic E-state index is 13.3. The summed E-state index contributed by atoms with van der Waals surface area (Å²) >= 11 is 0. The van der Waals surface area contributed by atoms with Crippen molar-refractivity contribution in [3.05, 3.63) is 71.7 Å². The van der Waals surface area contributed by atoms with Crippen LogP contribution >= 0.6 is 0 Å². The Morgan fingerprint density at radius 1 is 1.07 bits per heavy atom. The molecule has 4 rings (SSSR count). The van der Waals surface area contributed by atoms with Crippen LogP contribution in [-0.4, -0.2) is 39.6 Å². The molecule has 1 saturated heterocycles. The van der Waals surface area contributed by atoms with Crippen molar-refractivity contribution in [3.63, 3.8) is 0 Å². The lowest BCUT2D eigenvalue weighted by atomic mass is 9.96. The number of carbonyl (C=O) groups is 2. The van der Waals surface area contributed by atoms with Crippen LogP contribution in [0.15, 0.2) is 54.6 Å². The summed E-state index contributed by atoms with van der Waals surface area (Å²) in [6.45, 7) is 2.92. The highest BCUT2D eigenvalue weighted by molar-refractivity contribution is 5.94. The van der Waals surface area contributed by atoms with Gasteiger partial charge in [-0.05, 0) is 67.8 Å². The fraction of sp³-hybridized carbons (Fsp3) is 0.261. The number of benzene rings is 2. The minimum Gasteiger partial charge on any atom is -0.369 e. The van der Waals surface area contributed by atoms with E-state index in [4.69, 9.17) is 5.73 Å². The molecule has 2 heterocycles. The molecular weight excluding hydrogens is 383 g/mol. The highest BCUT2D eigenvalue weighted by Crippen LogP contribution is 2.25. The fourth-order valence-electron chi connectivity index (χ4n) is 3.78. The Kier molecular flexibility index (Phi) is 5.35. The molecule has 0 aliphatic carbocycles. The number of piperidine rings is 1. The molecule has 7 heteroatoms. The van der Waals surface area contributed by atoms with Crippen LogP contribution in [0.25, 0.3) is 16.9 Å². The molecule has 0 atom stereocenters. The zero-order valence-electron chi connectivity index (χ0n) is 16.7. The van der Waals surface area contributed by atoms with Crippen molar-refractivity contribution in [1.82, 2.24) is 14.7 Å². The van der Waals surface area contributed by atoms with Crippen LogP contribution in [-0.2, 0) is 4.79 Å². The Morgan fingerprint density at radius 2 is 1.77 bits per heavy atom. The van der Waals surface area contributed by atoms with Gasteiger partial charge in [-0.1, -0.05) is 12.1 Å². The van der Waals surface area contributed by atoms with Crippen LogP contribution in [0.2, 0.25) is 0 Å². The summed E-state index contributed by atoms with van der Waals surface area (Å²) in [4.78, 5) is 26.5. The molecule has 1 aliphatic heterocycles. The van der Waals surface area contributed by atoms with E-state index >= 15 is 0 Å². The quantitative estimate of drug-likeness (QED) is 0.722. The molecule has 0 saturated carbocycles. The molecule has 0 unspecified atom stereocenters. The topological polar surface area (TPSA) is 81.2 Å². The van der Waals surface area contributed by atoms with Gasteiger partial charge >= 0.3 is 0 Å². The average Bonchev–Trinajstić information content (AvgIpc) is 3.19. The molecule has 1 aliphatic rings. The van der Waals surface area contributed by atoms with Gasteiger partial charge in [-0.25, -0.2) is 9.07 Å². The van der Waals surface area contributed by atoms with Crippen molar-refractivity contribution in [1.29, 1.82) is 0 Å². The van der Waals surface area contributed by atoms with Gasteiger partial charge in [0.1, 0.15) is 11.5 Å². The Bertz CT molecular complexity index is 1080. The molecule has 0 spiro atoms. The van der Waals surface area contributed by atoms with Gasteiger partial charge < -0.3 is 10.6 Å². The lowest BCUT2D eigenvalue weighted by Gasteiger charge is -2.30. The van der Waals surface area contributed by atoms with E-state index in [9.17, 15) is 14.0 Å². The second-order valence-electron chi connectivity index (χ2n) is 7.64. The summed E-state index contributed by atoms with van der Waals surface area (Å²) < 4.78 is 15.0. The second-order valence-corrected chi connectivity index (χ2v) is 7.64. The Labute approximate surface area is 174 Å². The molecule has 154 valence electrons. The highest BCUT2D eigenvalue weighted by atomic mass is 19.1. The van der Waals surface area contributed by atoms with Crippen LogP contribution in [0.5, 0.6) is 0 Å². The number of aryl methyl sites for hydroxylation is 1. The number of primary amides is 1. The minimum atomic E-state index is -0.328. The third kappa shape index (κ3) is 3.96. The molecule has 2 N–H and O–H groups in total. The Hall–Kier alpha value is -3.48. The number of amides is 2. The molecule has 0 bridgehead atoms. The molecule has 6 nitrogen and oxygen atoms in total. The van der Waals surface area contributed by atoms with E-state index in [1.165, 1.54) is 12.1 Å². The van der Waals surface area contributed by atoms with E-state index in [1.54, 1.807) is 27.8 Å². The molecule has 0 radical (unpaired) electrons. The smallest absolute Gasteiger partial charge is 0.272 e. The maximum atomic E-state index is 13.3. The first-order chi connectivity index (χ1) is 14.4. The number of nitrogens with two attached hydrogens (primary N) is 1. The monoisotopic (exact) mass is 406 g/mol. The standard InChI is InChI=1S/C23H23FN4O2/c1-15-3-2-4-19(13-15)28-21(14-20(26-28)16-5-7-18(24)8-6-16)23(30)27-11-9-17(10-12-27)22(25)29/h2-8,13-14,17H,9-12H2,1H3,(H2,25,29). The van der Waals surface area contributed by atoms with Crippen LogP contribution < -0.4 is 5.73 Å². The molecule has 3 aromatic rings. The number of halogens is 1. The minimum absolute atomic E-state index is 0.153. The highest BCUT2D eigenvalue weighted by Gasteiger charge is 2.29. The third-order valence-electron chi connectivity index (χ3n) is 5.50. The van der Waals surface area contributed by atoms with Crippen LogP contribution in [0.1, 0.15) is 28.9 Å². The predicted molar refractivity (Wildman–Crippen MR) is 112 cm³/mol. The van der Waals surface area contributed by atoms with Gasteiger partial charge in [0.05, 0.1) is 11.4 Å². The van der Waals surface area contributed by atoms with E-state index in [2.05, 4.69) is 5.10 Å². The number of likely N-dealkylation sites (tertiary alicyclic amines) is 1. The number of carbonyl (C=O) groups excluding carboxylic acids is 2. The van der Waals surface area contributed by atoms with Crippen molar-refractivity contribution in [2.45, 2.75) is 19.8 Å². The van der Waals surface area contributed by atoms with Crippen molar-refractivity contribution in [3.8, 4) is 16.9 Å². The van der Waals surface area contributed by atoms with E-state index in [0.29, 0.717) is 37.3 Å². The van der Waals surface area contributed by atoms with E-state index in [-0.39, 0.29) is 23.5 Å².